The van der Waals surface area contributed by atoms with Gasteiger partial charge in [-0.25, -0.2) is 4.79 Å². The normalized spacial score (nSPS) is 20.4. The Morgan fingerprint density at radius 1 is 1.41 bits per heavy atom. The zero-order valence-corrected chi connectivity index (χ0v) is 14.5. The molecular weight excluding hydrogens is 302 g/mol. The summed E-state index contributed by atoms with van der Waals surface area (Å²) in [5, 5.41) is 13.4. The highest BCUT2D eigenvalue weighted by molar-refractivity contribution is 6.29. The van der Waals surface area contributed by atoms with Gasteiger partial charge in [0, 0.05) is 16.6 Å². The van der Waals surface area contributed by atoms with Crippen LogP contribution in [0, 0.1) is 0 Å². The summed E-state index contributed by atoms with van der Waals surface area (Å²) in [5.41, 5.74) is 0.636. The van der Waals surface area contributed by atoms with Gasteiger partial charge in [0.05, 0.1) is 6.10 Å². The number of ether oxygens (including phenoxy) is 1. The molecule has 1 aliphatic rings. The number of halogens is 1. The molecule has 1 rings (SSSR count). The lowest BCUT2D eigenvalue weighted by Gasteiger charge is -2.26. The van der Waals surface area contributed by atoms with Crippen molar-refractivity contribution >= 4 is 17.7 Å². The van der Waals surface area contributed by atoms with Gasteiger partial charge >= 0.3 is 6.09 Å². The van der Waals surface area contributed by atoms with E-state index in [1.165, 1.54) is 6.42 Å². The quantitative estimate of drug-likeness (QED) is 0.715. The Hall–Kier alpha value is -1.00. The Bertz CT molecular complexity index is 408. The van der Waals surface area contributed by atoms with Crippen molar-refractivity contribution in [2.75, 3.05) is 0 Å². The molecule has 2 unspecified atom stereocenters. The van der Waals surface area contributed by atoms with Gasteiger partial charge in [-0.1, -0.05) is 49.9 Å². The third-order valence-corrected chi connectivity index (χ3v) is 4.05. The van der Waals surface area contributed by atoms with Gasteiger partial charge < -0.3 is 15.2 Å². The fraction of sp³-hybridized carbons (Fsp3) is 0.706. The third-order valence-electron chi connectivity index (χ3n) is 3.84. The summed E-state index contributed by atoms with van der Waals surface area (Å²) in [6.45, 7) is 5.33. The molecule has 0 aliphatic heterocycles. The van der Waals surface area contributed by atoms with E-state index in [2.05, 4.69) is 5.32 Å². The molecule has 0 aromatic carbocycles. The minimum absolute atomic E-state index is 0.173. The Balaban J connectivity index is 2.71. The van der Waals surface area contributed by atoms with Gasteiger partial charge in [0.1, 0.15) is 0 Å². The van der Waals surface area contributed by atoms with Crippen LogP contribution in [-0.4, -0.2) is 29.4 Å². The fourth-order valence-electron chi connectivity index (χ4n) is 2.64. The summed E-state index contributed by atoms with van der Waals surface area (Å²) in [6.07, 6.45) is 7.98. The van der Waals surface area contributed by atoms with Crippen molar-refractivity contribution < 1.29 is 14.6 Å². The predicted octanol–water partition coefficient (Wildman–Crippen LogP) is 4.27. The van der Waals surface area contributed by atoms with Crippen molar-refractivity contribution in [1.82, 2.24) is 5.32 Å². The number of allylic oxidation sites excluding steroid dienone is 2. The largest absolute Gasteiger partial charge is 0.439 e. The lowest BCUT2D eigenvalue weighted by atomic mass is 9.96. The van der Waals surface area contributed by atoms with E-state index in [1.54, 1.807) is 13.8 Å². The minimum atomic E-state index is -0.831. The molecule has 1 aliphatic carbocycles. The van der Waals surface area contributed by atoms with Crippen molar-refractivity contribution in [2.45, 2.75) is 77.5 Å². The molecule has 5 heteroatoms. The van der Waals surface area contributed by atoms with Gasteiger partial charge in [-0.15, -0.1) is 0 Å². The van der Waals surface area contributed by atoms with Crippen LogP contribution in [0.2, 0.25) is 0 Å². The van der Waals surface area contributed by atoms with Crippen LogP contribution in [0.25, 0.3) is 0 Å². The number of rotatable bonds is 6. The van der Waals surface area contributed by atoms with Crippen LogP contribution in [0.5, 0.6) is 0 Å². The molecule has 0 spiro atoms. The van der Waals surface area contributed by atoms with Crippen LogP contribution in [0.1, 0.15) is 59.3 Å². The average Bonchev–Trinajstić information content (AvgIpc) is 2.47. The van der Waals surface area contributed by atoms with Gasteiger partial charge in [0.15, 0.2) is 6.10 Å². The van der Waals surface area contributed by atoms with Gasteiger partial charge in [-0.2, -0.15) is 0 Å². The van der Waals surface area contributed by atoms with E-state index < -0.39 is 18.3 Å². The van der Waals surface area contributed by atoms with E-state index in [0.717, 1.165) is 32.1 Å². The van der Waals surface area contributed by atoms with Crippen LogP contribution in [0.3, 0.4) is 0 Å². The number of carbonyl (C=O) groups excluding carboxylic acids is 1. The van der Waals surface area contributed by atoms with E-state index >= 15 is 0 Å². The molecule has 1 fully saturated rings. The van der Waals surface area contributed by atoms with E-state index in [9.17, 15) is 9.90 Å². The lowest BCUT2D eigenvalue weighted by molar-refractivity contribution is 0.0312. The van der Waals surface area contributed by atoms with Gasteiger partial charge in [-0.05, 0) is 33.1 Å². The summed E-state index contributed by atoms with van der Waals surface area (Å²) < 4.78 is 5.44. The second kappa shape index (κ2) is 9.90. The zero-order valence-electron chi connectivity index (χ0n) is 13.8. The monoisotopic (exact) mass is 329 g/mol. The van der Waals surface area contributed by atoms with E-state index in [1.807, 2.05) is 19.1 Å². The summed E-state index contributed by atoms with van der Waals surface area (Å²) in [4.78, 5) is 12.1. The standard InChI is InChI=1S/C17H28ClNO3/c1-4-5-11-15(12(2)18)16(13(3)20)22-17(21)19-14-9-7-6-8-10-14/h5,11,13-14,16,20H,4,6-10H2,1-3H3,(H,19,21). The van der Waals surface area contributed by atoms with E-state index in [4.69, 9.17) is 16.3 Å². The number of amides is 1. The third kappa shape index (κ3) is 6.41. The van der Waals surface area contributed by atoms with Crippen molar-refractivity contribution in [3.63, 3.8) is 0 Å². The molecule has 22 heavy (non-hydrogen) atoms. The number of hydrogen-bond donors (Lipinski definition) is 2. The molecule has 1 saturated carbocycles. The summed E-state index contributed by atoms with van der Waals surface area (Å²) in [6, 6.07) is 0.173. The molecule has 4 nitrogen and oxygen atoms in total. The first-order chi connectivity index (χ1) is 10.5. The van der Waals surface area contributed by atoms with Gasteiger partial charge in [-0.3, -0.25) is 0 Å². The number of alkyl carbamates (subject to hydrolysis) is 1. The molecular formula is C17H28ClNO3. The highest BCUT2D eigenvalue weighted by atomic mass is 35.5. The highest BCUT2D eigenvalue weighted by Crippen LogP contribution is 2.22. The number of aliphatic hydroxyl groups excluding tert-OH is 1. The number of aliphatic hydroxyl groups is 1. The molecule has 0 aromatic heterocycles. The Morgan fingerprint density at radius 3 is 2.55 bits per heavy atom. The molecule has 1 amide bonds. The van der Waals surface area contributed by atoms with Crippen molar-refractivity contribution in [3.8, 4) is 0 Å². The first-order valence-corrected chi connectivity index (χ1v) is 8.51. The molecule has 0 saturated heterocycles. The SMILES string of the molecule is CCC=CC(=C(C)Cl)C(OC(=O)NC1CCCCC1)C(C)O. The average molecular weight is 330 g/mol. The lowest BCUT2D eigenvalue weighted by Crippen LogP contribution is -2.41. The first kappa shape index (κ1) is 19.0. The number of hydrogen-bond acceptors (Lipinski definition) is 3. The minimum Gasteiger partial charge on any atom is -0.439 e. The molecule has 0 bridgehead atoms. The summed E-state index contributed by atoms with van der Waals surface area (Å²) in [7, 11) is 0. The van der Waals surface area contributed by atoms with Crippen molar-refractivity contribution in [3.05, 3.63) is 22.8 Å². The van der Waals surface area contributed by atoms with E-state index in [0.29, 0.717) is 10.6 Å². The Morgan fingerprint density at radius 2 is 2.05 bits per heavy atom. The van der Waals surface area contributed by atoms with Crippen LogP contribution in [0.15, 0.2) is 22.8 Å². The maximum atomic E-state index is 12.1. The summed E-state index contributed by atoms with van der Waals surface area (Å²) in [5.74, 6) is 0. The maximum absolute atomic E-state index is 12.1. The Kier molecular flexibility index (Phi) is 8.57. The predicted molar refractivity (Wildman–Crippen MR) is 89.9 cm³/mol. The van der Waals surface area contributed by atoms with Crippen LogP contribution in [-0.2, 0) is 4.74 Å². The van der Waals surface area contributed by atoms with Crippen LogP contribution < -0.4 is 5.32 Å². The molecule has 0 heterocycles. The van der Waals surface area contributed by atoms with Crippen molar-refractivity contribution in [1.29, 1.82) is 0 Å². The maximum Gasteiger partial charge on any atom is 0.408 e. The zero-order chi connectivity index (χ0) is 16.5. The molecule has 126 valence electrons. The Labute approximate surface area is 138 Å². The highest BCUT2D eigenvalue weighted by Gasteiger charge is 2.26. The van der Waals surface area contributed by atoms with Crippen molar-refractivity contribution in [2.24, 2.45) is 0 Å². The molecule has 2 N–H and O–H groups in total. The molecule has 0 aromatic rings. The first-order valence-electron chi connectivity index (χ1n) is 8.13. The topological polar surface area (TPSA) is 58.6 Å². The number of carbonyl (C=O) groups is 1. The second-order valence-corrected chi connectivity index (χ2v) is 6.41. The smallest absolute Gasteiger partial charge is 0.408 e. The van der Waals surface area contributed by atoms with Crippen LogP contribution in [0.4, 0.5) is 4.79 Å². The number of nitrogens with one attached hydrogen (secondary N) is 1. The fourth-order valence-corrected chi connectivity index (χ4v) is 2.81. The van der Waals surface area contributed by atoms with Gasteiger partial charge in [0.25, 0.3) is 0 Å². The van der Waals surface area contributed by atoms with E-state index in [-0.39, 0.29) is 6.04 Å². The van der Waals surface area contributed by atoms with Gasteiger partial charge in [0.2, 0.25) is 0 Å². The molecule has 2 atom stereocenters. The second-order valence-electron chi connectivity index (χ2n) is 5.85. The molecule has 0 radical (unpaired) electrons. The van der Waals surface area contributed by atoms with Crippen LogP contribution >= 0.6 is 11.6 Å². The summed E-state index contributed by atoms with van der Waals surface area (Å²) >= 11 is 6.10.